The Morgan fingerprint density at radius 2 is 1.93 bits per heavy atom. The average Bonchev–Trinajstić information content (AvgIpc) is 2.22. The van der Waals surface area contributed by atoms with Crippen molar-refractivity contribution in [2.75, 3.05) is 14.2 Å². The van der Waals surface area contributed by atoms with Gasteiger partial charge in [-0.25, -0.2) is 4.79 Å². The van der Waals surface area contributed by atoms with E-state index in [4.69, 9.17) is 0 Å². The molecular weight excluding hydrogens is 184 g/mol. The zero-order valence-electron chi connectivity index (χ0n) is 8.78. The lowest BCUT2D eigenvalue weighted by atomic mass is 10.1. The van der Waals surface area contributed by atoms with Gasteiger partial charge in [0.05, 0.1) is 20.1 Å². The summed E-state index contributed by atoms with van der Waals surface area (Å²) in [5, 5.41) is 0. The highest BCUT2D eigenvalue weighted by Crippen LogP contribution is 2.07. The van der Waals surface area contributed by atoms with Gasteiger partial charge in [0.1, 0.15) is 0 Å². The summed E-state index contributed by atoms with van der Waals surface area (Å²) in [5.74, 6) is -0.741. The molecule has 14 heavy (non-hydrogen) atoms. The molecule has 0 saturated carbocycles. The minimum atomic E-state index is -0.379. The molecule has 0 unspecified atom stereocenters. The van der Waals surface area contributed by atoms with Crippen molar-refractivity contribution in [3.05, 3.63) is 12.2 Å². The third kappa shape index (κ3) is 5.35. The molecule has 0 saturated heterocycles. The molecule has 0 N–H and O–H groups in total. The van der Waals surface area contributed by atoms with E-state index in [0.717, 1.165) is 0 Å². The molecule has 0 aromatic rings. The van der Waals surface area contributed by atoms with Crippen molar-refractivity contribution in [1.82, 2.24) is 0 Å². The molecule has 0 aromatic heterocycles. The van der Waals surface area contributed by atoms with Crippen LogP contribution in [0.15, 0.2) is 12.2 Å². The first kappa shape index (κ1) is 12.7. The predicted molar refractivity (Wildman–Crippen MR) is 51.6 cm³/mol. The number of methoxy groups -OCH3 is 2. The SMILES string of the molecule is COC(=O)/C=C\CC[C@H](C)C(=O)OC. The van der Waals surface area contributed by atoms with Crippen molar-refractivity contribution in [3.63, 3.8) is 0 Å². The van der Waals surface area contributed by atoms with Gasteiger partial charge in [0.2, 0.25) is 0 Å². The molecule has 0 spiro atoms. The minimum Gasteiger partial charge on any atom is -0.469 e. The van der Waals surface area contributed by atoms with Gasteiger partial charge in [0, 0.05) is 6.08 Å². The summed E-state index contributed by atoms with van der Waals surface area (Å²) >= 11 is 0. The van der Waals surface area contributed by atoms with Crippen LogP contribution in [0.25, 0.3) is 0 Å². The standard InChI is InChI=1S/C10H16O4/c1-8(10(12)14-3)6-4-5-7-9(11)13-2/h5,7-8H,4,6H2,1-3H3/b7-5-/t8-/m0/s1. The third-order valence-corrected chi connectivity index (χ3v) is 1.83. The third-order valence-electron chi connectivity index (χ3n) is 1.83. The molecule has 4 nitrogen and oxygen atoms in total. The molecule has 0 aliphatic rings. The molecule has 0 fully saturated rings. The van der Waals surface area contributed by atoms with Crippen LogP contribution in [0, 0.1) is 5.92 Å². The molecule has 1 atom stereocenters. The number of hydrogen-bond acceptors (Lipinski definition) is 4. The lowest BCUT2D eigenvalue weighted by Gasteiger charge is -2.05. The molecular formula is C10H16O4. The second kappa shape index (κ2) is 7.12. The van der Waals surface area contributed by atoms with Crippen molar-refractivity contribution in [3.8, 4) is 0 Å². The topological polar surface area (TPSA) is 52.6 Å². The van der Waals surface area contributed by atoms with Crippen molar-refractivity contribution in [1.29, 1.82) is 0 Å². The number of hydrogen-bond donors (Lipinski definition) is 0. The van der Waals surface area contributed by atoms with Crippen LogP contribution in [0.3, 0.4) is 0 Å². The van der Waals surface area contributed by atoms with E-state index in [1.807, 2.05) is 0 Å². The average molecular weight is 200 g/mol. The lowest BCUT2D eigenvalue weighted by molar-refractivity contribution is -0.145. The van der Waals surface area contributed by atoms with Crippen LogP contribution >= 0.6 is 0 Å². The minimum absolute atomic E-state index is 0.137. The molecule has 0 amide bonds. The van der Waals surface area contributed by atoms with Crippen LogP contribution in [0.2, 0.25) is 0 Å². The Balaban J connectivity index is 3.68. The van der Waals surface area contributed by atoms with E-state index < -0.39 is 0 Å². The summed E-state index contributed by atoms with van der Waals surface area (Å²) in [5.41, 5.74) is 0. The van der Waals surface area contributed by atoms with Gasteiger partial charge in [-0.1, -0.05) is 13.0 Å². The Hall–Kier alpha value is -1.32. The van der Waals surface area contributed by atoms with E-state index in [0.29, 0.717) is 12.8 Å². The molecule has 0 aliphatic heterocycles. The molecule has 0 bridgehead atoms. The summed E-state index contributed by atoms with van der Waals surface area (Å²) in [6, 6.07) is 0. The Morgan fingerprint density at radius 1 is 1.29 bits per heavy atom. The van der Waals surface area contributed by atoms with Gasteiger partial charge in [0.25, 0.3) is 0 Å². The number of allylic oxidation sites excluding steroid dienone is 1. The Morgan fingerprint density at radius 3 is 2.43 bits per heavy atom. The van der Waals surface area contributed by atoms with Crippen LogP contribution < -0.4 is 0 Å². The maximum atomic E-state index is 11.0. The fourth-order valence-corrected chi connectivity index (χ4v) is 0.913. The lowest BCUT2D eigenvalue weighted by Crippen LogP contribution is -2.12. The highest BCUT2D eigenvalue weighted by Gasteiger charge is 2.11. The smallest absolute Gasteiger partial charge is 0.330 e. The van der Waals surface area contributed by atoms with Gasteiger partial charge in [-0.05, 0) is 12.8 Å². The normalized spacial score (nSPS) is 12.5. The summed E-state index contributed by atoms with van der Waals surface area (Å²) in [6.45, 7) is 1.79. The van der Waals surface area contributed by atoms with Crippen LogP contribution in [0.4, 0.5) is 0 Å². The summed E-state index contributed by atoms with van der Waals surface area (Å²) in [4.78, 5) is 21.6. The molecule has 0 heterocycles. The monoisotopic (exact) mass is 200 g/mol. The molecule has 80 valence electrons. The van der Waals surface area contributed by atoms with Crippen molar-refractivity contribution < 1.29 is 19.1 Å². The highest BCUT2D eigenvalue weighted by atomic mass is 16.5. The zero-order valence-corrected chi connectivity index (χ0v) is 8.78. The van der Waals surface area contributed by atoms with Gasteiger partial charge in [-0.3, -0.25) is 4.79 Å². The quantitative estimate of drug-likeness (QED) is 0.496. The fraction of sp³-hybridized carbons (Fsp3) is 0.600. The van der Waals surface area contributed by atoms with E-state index in [2.05, 4.69) is 9.47 Å². The first-order valence-corrected chi connectivity index (χ1v) is 4.44. The Kier molecular flexibility index (Phi) is 6.45. The van der Waals surface area contributed by atoms with E-state index in [1.54, 1.807) is 13.0 Å². The van der Waals surface area contributed by atoms with E-state index in [1.165, 1.54) is 20.3 Å². The zero-order chi connectivity index (χ0) is 11.0. The number of carbonyl (C=O) groups excluding carboxylic acids is 2. The Labute approximate surface area is 83.9 Å². The van der Waals surface area contributed by atoms with E-state index in [9.17, 15) is 9.59 Å². The summed E-state index contributed by atoms with van der Waals surface area (Å²) in [7, 11) is 2.69. The highest BCUT2D eigenvalue weighted by molar-refractivity contribution is 5.81. The molecule has 4 heteroatoms. The second-order valence-corrected chi connectivity index (χ2v) is 2.93. The van der Waals surface area contributed by atoms with Crippen molar-refractivity contribution in [2.45, 2.75) is 19.8 Å². The van der Waals surface area contributed by atoms with Crippen LogP contribution in [0.5, 0.6) is 0 Å². The first-order chi connectivity index (χ1) is 6.61. The number of ether oxygens (including phenoxy) is 2. The maximum Gasteiger partial charge on any atom is 0.330 e. The molecule has 0 aromatic carbocycles. The van der Waals surface area contributed by atoms with Gasteiger partial charge in [-0.2, -0.15) is 0 Å². The number of carbonyl (C=O) groups is 2. The Bertz CT molecular complexity index is 220. The number of rotatable bonds is 5. The summed E-state index contributed by atoms with van der Waals surface area (Å²) in [6.07, 6.45) is 4.36. The van der Waals surface area contributed by atoms with Crippen LogP contribution in [-0.4, -0.2) is 26.2 Å². The van der Waals surface area contributed by atoms with Gasteiger partial charge in [0.15, 0.2) is 0 Å². The van der Waals surface area contributed by atoms with Gasteiger partial charge >= 0.3 is 11.9 Å². The van der Waals surface area contributed by atoms with Crippen molar-refractivity contribution in [2.24, 2.45) is 5.92 Å². The molecule has 0 radical (unpaired) electrons. The van der Waals surface area contributed by atoms with Crippen LogP contribution in [-0.2, 0) is 19.1 Å². The van der Waals surface area contributed by atoms with Crippen LogP contribution in [0.1, 0.15) is 19.8 Å². The largest absolute Gasteiger partial charge is 0.469 e. The predicted octanol–water partition coefficient (Wildman–Crippen LogP) is 1.30. The second-order valence-electron chi connectivity index (χ2n) is 2.93. The number of esters is 2. The van der Waals surface area contributed by atoms with E-state index >= 15 is 0 Å². The molecule has 0 rings (SSSR count). The summed E-state index contributed by atoms with van der Waals surface area (Å²) < 4.78 is 8.97. The fourth-order valence-electron chi connectivity index (χ4n) is 0.913. The maximum absolute atomic E-state index is 11.0. The molecule has 0 aliphatic carbocycles. The van der Waals surface area contributed by atoms with Crippen molar-refractivity contribution >= 4 is 11.9 Å². The first-order valence-electron chi connectivity index (χ1n) is 4.44. The van der Waals surface area contributed by atoms with Gasteiger partial charge < -0.3 is 9.47 Å². The van der Waals surface area contributed by atoms with E-state index in [-0.39, 0.29) is 17.9 Å². The van der Waals surface area contributed by atoms with Gasteiger partial charge in [-0.15, -0.1) is 0 Å².